The number of anilines is 2. The molecule has 1 N–H and O–H groups in total. The summed E-state index contributed by atoms with van der Waals surface area (Å²) in [6, 6.07) is 7.50. The first kappa shape index (κ1) is 20.3. The fourth-order valence-electron chi connectivity index (χ4n) is 3.67. The van der Waals surface area contributed by atoms with Crippen molar-refractivity contribution in [2.24, 2.45) is 0 Å². The summed E-state index contributed by atoms with van der Waals surface area (Å²) in [4.78, 5) is 29.4. The van der Waals surface area contributed by atoms with E-state index in [1.165, 1.54) is 4.57 Å². The second-order valence-electron chi connectivity index (χ2n) is 7.22. The van der Waals surface area contributed by atoms with Gasteiger partial charge in [0.25, 0.3) is 11.5 Å². The summed E-state index contributed by atoms with van der Waals surface area (Å²) < 4.78 is 12.0. The van der Waals surface area contributed by atoms with E-state index < -0.39 is 11.5 Å². The summed E-state index contributed by atoms with van der Waals surface area (Å²) in [5.41, 5.74) is 0.305. The van der Waals surface area contributed by atoms with Gasteiger partial charge in [-0.2, -0.15) is 0 Å². The third kappa shape index (κ3) is 4.29. The Hall–Kier alpha value is -2.98. The van der Waals surface area contributed by atoms with Crippen molar-refractivity contribution >= 4 is 17.5 Å². The Labute approximate surface area is 174 Å². The zero-order chi connectivity index (χ0) is 20.9. The number of carbonyl (C=O) groups excluding carboxylic acids is 1. The van der Waals surface area contributed by atoms with Crippen molar-refractivity contribution in [3.8, 4) is 5.75 Å². The summed E-state index contributed by atoms with van der Waals surface area (Å²) in [7, 11) is 1.61. The number of nitrogens with one attached hydrogen (secondary N) is 1. The molecule has 2 aliphatic rings. The minimum absolute atomic E-state index is 0.165. The van der Waals surface area contributed by atoms with Gasteiger partial charge < -0.3 is 19.7 Å². The van der Waals surface area contributed by atoms with Gasteiger partial charge in [-0.3, -0.25) is 19.1 Å². The number of methoxy groups -OCH3 is 1. The normalized spacial score (nSPS) is 16.4. The first-order valence-corrected chi connectivity index (χ1v) is 10.1. The average Bonchev–Trinajstić information content (AvgIpc) is 3.23. The largest absolute Gasteiger partial charge is 0.497 e. The van der Waals surface area contributed by atoms with Crippen LogP contribution in [-0.2, 0) is 11.3 Å². The van der Waals surface area contributed by atoms with E-state index in [4.69, 9.17) is 9.47 Å². The fraction of sp³-hybridized carbons (Fsp3) is 0.500. The van der Waals surface area contributed by atoms with E-state index in [0.29, 0.717) is 25.6 Å². The highest BCUT2D eigenvalue weighted by Crippen LogP contribution is 2.28. The molecule has 0 atom stereocenters. The highest BCUT2D eigenvalue weighted by molar-refractivity contribution is 5.91. The number of amides is 1. The van der Waals surface area contributed by atoms with Gasteiger partial charge >= 0.3 is 0 Å². The molecule has 30 heavy (non-hydrogen) atoms. The molecule has 1 aromatic carbocycles. The van der Waals surface area contributed by atoms with Crippen molar-refractivity contribution in [1.29, 1.82) is 0 Å². The van der Waals surface area contributed by atoms with Crippen LogP contribution in [0.4, 0.5) is 11.6 Å². The van der Waals surface area contributed by atoms with Crippen LogP contribution >= 0.6 is 0 Å². The summed E-state index contributed by atoms with van der Waals surface area (Å²) in [6.45, 7) is 5.73. The Bertz CT molecular complexity index is 939. The number of hydrogen-bond acceptors (Lipinski definition) is 8. The number of ether oxygens (including phenoxy) is 2. The topological polar surface area (TPSA) is 102 Å². The van der Waals surface area contributed by atoms with E-state index in [2.05, 4.69) is 20.4 Å². The quantitative estimate of drug-likeness (QED) is 0.644. The number of morpholine rings is 1. The molecule has 0 aliphatic carbocycles. The monoisotopic (exact) mass is 414 g/mol. The Morgan fingerprint density at radius 3 is 2.63 bits per heavy atom. The number of fused-ring (bicyclic) bond motifs is 1. The minimum atomic E-state index is -0.479. The Morgan fingerprint density at radius 1 is 1.13 bits per heavy atom. The minimum Gasteiger partial charge on any atom is -0.497 e. The predicted molar refractivity (Wildman–Crippen MR) is 111 cm³/mol. The average molecular weight is 414 g/mol. The Morgan fingerprint density at radius 2 is 1.90 bits per heavy atom. The van der Waals surface area contributed by atoms with E-state index in [0.717, 1.165) is 50.7 Å². The lowest BCUT2D eigenvalue weighted by Gasteiger charge is -2.26. The van der Waals surface area contributed by atoms with E-state index in [9.17, 15) is 9.59 Å². The number of hydrogen-bond donors (Lipinski definition) is 1. The molecule has 2 aromatic rings. The van der Waals surface area contributed by atoms with Crippen LogP contribution in [0.2, 0.25) is 0 Å². The molecule has 1 fully saturated rings. The van der Waals surface area contributed by atoms with Crippen molar-refractivity contribution in [1.82, 2.24) is 25.0 Å². The molecule has 0 bridgehead atoms. The van der Waals surface area contributed by atoms with Crippen molar-refractivity contribution in [3.05, 3.63) is 40.3 Å². The molecule has 2 aliphatic heterocycles. The second kappa shape index (κ2) is 9.23. The first-order valence-electron chi connectivity index (χ1n) is 10.1. The van der Waals surface area contributed by atoms with Crippen LogP contribution in [0, 0.1) is 0 Å². The third-order valence-corrected chi connectivity index (χ3v) is 5.36. The van der Waals surface area contributed by atoms with Gasteiger partial charge in [0, 0.05) is 38.4 Å². The molecule has 3 heterocycles. The molecule has 0 spiro atoms. The lowest BCUT2D eigenvalue weighted by molar-refractivity contribution is 0.0374. The molecule has 160 valence electrons. The SMILES string of the molecule is COc1ccc(N2CCn3c2nnc(C(=O)NCCCN2CCOCC2)c3=O)cc1. The zero-order valence-electron chi connectivity index (χ0n) is 17.0. The van der Waals surface area contributed by atoms with Crippen LogP contribution in [0.3, 0.4) is 0 Å². The predicted octanol–water partition coefficient (Wildman–Crippen LogP) is 0.251. The summed E-state index contributed by atoms with van der Waals surface area (Å²) in [6.07, 6.45) is 0.802. The van der Waals surface area contributed by atoms with E-state index in [1.54, 1.807) is 7.11 Å². The molecule has 1 amide bonds. The summed E-state index contributed by atoms with van der Waals surface area (Å²) in [5, 5.41) is 10.9. The lowest BCUT2D eigenvalue weighted by atomic mass is 10.3. The molecule has 1 saturated heterocycles. The van der Waals surface area contributed by atoms with Crippen molar-refractivity contribution < 1.29 is 14.3 Å². The fourth-order valence-corrected chi connectivity index (χ4v) is 3.67. The zero-order valence-corrected chi connectivity index (χ0v) is 17.0. The van der Waals surface area contributed by atoms with E-state index in [-0.39, 0.29) is 5.69 Å². The second-order valence-corrected chi connectivity index (χ2v) is 7.22. The van der Waals surface area contributed by atoms with Gasteiger partial charge in [0.15, 0.2) is 0 Å². The first-order chi connectivity index (χ1) is 14.7. The molecule has 0 unspecified atom stereocenters. The highest BCUT2D eigenvalue weighted by atomic mass is 16.5. The van der Waals surface area contributed by atoms with Gasteiger partial charge in [-0.25, -0.2) is 0 Å². The van der Waals surface area contributed by atoms with Crippen LogP contribution in [0.15, 0.2) is 29.1 Å². The standard InChI is InChI=1S/C20H26N6O4/c1-29-16-5-3-15(4-6-16)25-9-10-26-19(28)17(22-23-20(25)26)18(27)21-7-2-8-24-11-13-30-14-12-24/h3-6H,2,7-14H2,1H3,(H,21,27). The molecule has 10 heteroatoms. The van der Waals surface area contributed by atoms with Gasteiger partial charge in [0.1, 0.15) is 5.75 Å². The highest BCUT2D eigenvalue weighted by Gasteiger charge is 2.27. The number of benzene rings is 1. The molecule has 0 radical (unpaired) electrons. The summed E-state index contributed by atoms with van der Waals surface area (Å²) >= 11 is 0. The van der Waals surface area contributed by atoms with Crippen LogP contribution < -0.4 is 20.5 Å². The van der Waals surface area contributed by atoms with Gasteiger partial charge in [-0.15, -0.1) is 10.2 Å². The maximum atomic E-state index is 12.8. The smallest absolute Gasteiger partial charge is 0.286 e. The van der Waals surface area contributed by atoms with Crippen molar-refractivity contribution in [2.45, 2.75) is 13.0 Å². The molecular weight excluding hydrogens is 388 g/mol. The summed E-state index contributed by atoms with van der Waals surface area (Å²) in [5.74, 6) is 0.712. The Kier molecular flexibility index (Phi) is 6.24. The number of rotatable bonds is 7. The van der Waals surface area contributed by atoms with Gasteiger partial charge in [0.2, 0.25) is 11.6 Å². The van der Waals surface area contributed by atoms with Gasteiger partial charge in [-0.05, 0) is 37.2 Å². The van der Waals surface area contributed by atoms with Crippen LogP contribution in [0.25, 0.3) is 0 Å². The van der Waals surface area contributed by atoms with Crippen molar-refractivity contribution in [2.75, 3.05) is 57.9 Å². The molecule has 0 saturated carbocycles. The van der Waals surface area contributed by atoms with Crippen LogP contribution in [0.5, 0.6) is 5.75 Å². The molecular formula is C20H26N6O4. The number of carbonyl (C=O) groups is 1. The number of nitrogens with zero attached hydrogens (tertiary/aromatic N) is 5. The van der Waals surface area contributed by atoms with Crippen LogP contribution in [-0.4, -0.2) is 78.6 Å². The van der Waals surface area contributed by atoms with Gasteiger partial charge in [-0.1, -0.05) is 0 Å². The van der Waals surface area contributed by atoms with Gasteiger partial charge in [0.05, 0.1) is 20.3 Å². The Balaban J connectivity index is 1.38. The van der Waals surface area contributed by atoms with E-state index >= 15 is 0 Å². The molecule has 1 aromatic heterocycles. The lowest BCUT2D eigenvalue weighted by Crippen LogP contribution is -2.39. The number of aromatic nitrogens is 3. The van der Waals surface area contributed by atoms with Crippen molar-refractivity contribution in [3.63, 3.8) is 0 Å². The molecule has 4 rings (SSSR count). The molecule has 10 nitrogen and oxygen atoms in total. The third-order valence-electron chi connectivity index (χ3n) is 5.36. The van der Waals surface area contributed by atoms with E-state index in [1.807, 2.05) is 29.2 Å². The maximum Gasteiger partial charge on any atom is 0.286 e. The van der Waals surface area contributed by atoms with Crippen LogP contribution in [0.1, 0.15) is 16.9 Å². The maximum absolute atomic E-state index is 12.8.